The minimum absolute atomic E-state index is 0.309. The van der Waals surface area contributed by atoms with Crippen LogP contribution in [0.2, 0.25) is 5.15 Å². The summed E-state index contributed by atoms with van der Waals surface area (Å²) in [5.74, 6) is 0.388. The number of nitrogens with one attached hydrogen (secondary N) is 2. The molecule has 188 valence electrons. The van der Waals surface area contributed by atoms with Gasteiger partial charge < -0.3 is 29.6 Å². The highest BCUT2D eigenvalue weighted by Gasteiger charge is 2.27. The van der Waals surface area contributed by atoms with E-state index in [-0.39, 0.29) is 5.91 Å². The maximum atomic E-state index is 13.2. The molecule has 10 nitrogen and oxygen atoms in total. The summed E-state index contributed by atoms with van der Waals surface area (Å²) in [5, 5.41) is 6.48. The van der Waals surface area contributed by atoms with E-state index in [0.717, 1.165) is 57.4 Å². The lowest BCUT2D eigenvalue weighted by molar-refractivity contribution is -0.113. The number of rotatable bonds is 5. The molecular formula is C25H28ClN7O3. The number of halogens is 1. The van der Waals surface area contributed by atoms with E-state index in [0.29, 0.717) is 39.6 Å². The fraction of sp³-hybridized carbons (Fsp3) is 0.440. The Morgan fingerprint density at radius 1 is 1.03 bits per heavy atom. The lowest BCUT2D eigenvalue weighted by Gasteiger charge is -2.29. The van der Waals surface area contributed by atoms with Crippen molar-refractivity contribution in [2.24, 2.45) is 0 Å². The monoisotopic (exact) mass is 509 g/mol. The van der Waals surface area contributed by atoms with Crippen LogP contribution < -0.4 is 20.4 Å². The Kier molecular flexibility index (Phi) is 6.27. The number of hydrogen-bond acceptors (Lipinski definition) is 9. The van der Waals surface area contributed by atoms with E-state index in [9.17, 15) is 4.79 Å². The second kappa shape index (κ2) is 9.85. The molecule has 0 bridgehead atoms. The van der Waals surface area contributed by atoms with Crippen LogP contribution in [0, 0.1) is 0 Å². The number of nitrogens with zero attached hydrogens (tertiary/aromatic N) is 5. The van der Waals surface area contributed by atoms with Crippen LogP contribution in [0.25, 0.3) is 11.2 Å². The van der Waals surface area contributed by atoms with Gasteiger partial charge >= 0.3 is 0 Å². The van der Waals surface area contributed by atoms with Gasteiger partial charge in [0.25, 0.3) is 11.9 Å². The first kappa shape index (κ1) is 22.9. The SMILES string of the molecule is O=C(Nc1cc2oc(N3CCCCC3)nc2nc1N1CCCCC1)C1=COC(c2ccnc(Cl)c2)N1. The van der Waals surface area contributed by atoms with Gasteiger partial charge in [0.15, 0.2) is 17.6 Å². The van der Waals surface area contributed by atoms with Crippen molar-refractivity contribution in [2.45, 2.75) is 44.8 Å². The van der Waals surface area contributed by atoms with Crippen LogP contribution in [-0.4, -0.2) is 47.0 Å². The van der Waals surface area contributed by atoms with E-state index in [4.69, 9.17) is 25.7 Å². The summed E-state index contributed by atoms with van der Waals surface area (Å²) in [6, 6.07) is 5.91. The molecule has 2 N–H and O–H groups in total. The van der Waals surface area contributed by atoms with Crippen LogP contribution in [0.5, 0.6) is 0 Å². The number of piperidine rings is 2. The molecule has 0 aliphatic carbocycles. The molecule has 6 heterocycles. The Morgan fingerprint density at radius 2 is 1.78 bits per heavy atom. The van der Waals surface area contributed by atoms with Gasteiger partial charge in [-0.1, -0.05) is 11.6 Å². The smallest absolute Gasteiger partial charge is 0.299 e. The number of hydrogen-bond donors (Lipinski definition) is 2. The highest BCUT2D eigenvalue weighted by molar-refractivity contribution is 6.29. The number of fused-ring (bicyclic) bond motifs is 1. The molecule has 1 atom stereocenters. The topological polar surface area (TPSA) is 109 Å². The number of carbonyl (C=O) groups excluding carboxylic acids is 1. The Labute approximate surface area is 213 Å². The first-order chi connectivity index (χ1) is 17.6. The van der Waals surface area contributed by atoms with E-state index < -0.39 is 6.23 Å². The van der Waals surface area contributed by atoms with Crippen molar-refractivity contribution >= 4 is 46.3 Å². The van der Waals surface area contributed by atoms with Crippen LogP contribution in [-0.2, 0) is 9.53 Å². The largest absolute Gasteiger partial charge is 0.472 e. The summed E-state index contributed by atoms with van der Waals surface area (Å²) in [6.45, 7) is 3.62. The average molecular weight is 510 g/mol. The van der Waals surface area contributed by atoms with E-state index in [1.165, 1.54) is 19.1 Å². The number of oxazole rings is 1. The van der Waals surface area contributed by atoms with Gasteiger partial charge in [0.2, 0.25) is 5.65 Å². The number of amides is 1. The van der Waals surface area contributed by atoms with Gasteiger partial charge in [-0.3, -0.25) is 4.79 Å². The zero-order valence-electron chi connectivity index (χ0n) is 19.9. The van der Waals surface area contributed by atoms with Crippen molar-refractivity contribution in [1.29, 1.82) is 0 Å². The van der Waals surface area contributed by atoms with Gasteiger partial charge in [-0.25, -0.2) is 9.97 Å². The number of pyridine rings is 2. The van der Waals surface area contributed by atoms with E-state index in [2.05, 4.69) is 30.4 Å². The normalized spacial score (nSPS) is 20.1. The van der Waals surface area contributed by atoms with E-state index >= 15 is 0 Å². The molecule has 1 unspecified atom stereocenters. The number of carbonyl (C=O) groups is 1. The van der Waals surface area contributed by atoms with Crippen molar-refractivity contribution in [3.63, 3.8) is 0 Å². The Morgan fingerprint density at radius 3 is 2.53 bits per heavy atom. The number of aromatic nitrogens is 3. The van der Waals surface area contributed by atoms with Crippen LogP contribution in [0.1, 0.15) is 50.3 Å². The molecular weight excluding hydrogens is 482 g/mol. The molecule has 2 fully saturated rings. The fourth-order valence-electron chi connectivity index (χ4n) is 4.90. The predicted octanol–water partition coefficient (Wildman–Crippen LogP) is 4.35. The molecule has 3 aromatic rings. The van der Waals surface area contributed by atoms with Crippen LogP contribution in [0.15, 0.2) is 40.8 Å². The summed E-state index contributed by atoms with van der Waals surface area (Å²) in [7, 11) is 0. The van der Waals surface area contributed by atoms with Crippen molar-refractivity contribution in [3.8, 4) is 0 Å². The quantitative estimate of drug-likeness (QED) is 0.485. The van der Waals surface area contributed by atoms with Crippen molar-refractivity contribution in [3.05, 3.63) is 47.1 Å². The molecule has 0 saturated carbocycles. The molecule has 0 spiro atoms. The summed E-state index contributed by atoms with van der Waals surface area (Å²) in [5.41, 5.74) is 2.79. The van der Waals surface area contributed by atoms with E-state index in [1.54, 1.807) is 18.3 Å². The zero-order valence-corrected chi connectivity index (χ0v) is 20.6. The lowest BCUT2D eigenvalue weighted by atomic mass is 10.1. The fourth-order valence-corrected chi connectivity index (χ4v) is 5.08. The maximum Gasteiger partial charge on any atom is 0.299 e. The maximum absolute atomic E-state index is 13.2. The average Bonchev–Trinajstić information content (AvgIpc) is 3.57. The lowest BCUT2D eigenvalue weighted by Crippen LogP contribution is -2.32. The zero-order chi connectivity index (χ0) is 24.5. The molecule has 36 heavy (non-hydrogen) atoms. The molecule has 11 heteroatoms. The Balaban J connectivity index is 1.26. The number of anilines is 3. The second-order valence-corrected chi connectivity index (χ2v) is 9.72. The highest BCUT2D eigenvalue weighted by Crippen LogP contribution is 2.33. The van der Waals surface area contributed by atoms with Gasteiger partial charge in [0.1, 0.15) is 17.1 Å². The molecule has 3 aliphatic rings. The summed E-state index contributed by atoms with van der Waals surface area (Å²) in [4.78, 5) is 31.1. The Hall–Kier alpha value is -3.53. The molecule has 6 rings (SSSR count). The Bertz CT molecular complexity index is 1300. The van der Waals surface area contributed by atoms with Gasteiger partial charge in [-0.05, 0) is 50.7 Å². The van der Waals surface area contributed by atoms with Crippen molar-refractivity contribution in [2.75, 3.05) is 41.3 Å². The first-order valence-electron chi connectivity index (χ1n) is 12.5. The van der Waals surface area contributed by atoms with Gasteiger partial charge in [0.05, 0.1) is 5.69 Å². The van der Waals surface area contributed by atoms with Crippen molar-refractivity contribution < 1.29 is 13.9 Å². The highest BCUT2D eigenvalue weighted by atomic mass is 35.5. The van der Waals surface area contributed by atoms with Crippen molar-refractivity contribution in [1.82, 2.24) is 20.3 Å². The van der Waals surface area contributed by atoms with Gasteiger partial charge in [-0.15, -0.1) is 0 Å². The number of ether oxygens (including phenoxy) is 1. The second-order valence-electron chi connectivity index (χ2n) is 9.33. The first-order valence-corrected chi connectivity index (χ1v) is 12.9. The molecule has 0 aromatic carbocycles. The minimum Gasteiger partial charge on any atom is -0.472 e. The minimum atomic E-state index is -0.519. The van der Waals surface area contributed by atoms with Gasteiger partial charge in [0, 0.05) is 44.0 Å². The van der Waals surface area contributed by atoms with Gasteiger partial charge in [-0.2, -0.15) is 4.98 Å². The van der Waals surface area contributed by atoms with Crippen LogP contribution in [0.4, 0.5) is 17.5 Å². The molecule has 2 saturated heterocycles. The standard InChI is InChI=1S/C25H28ClN7O3/c26-20-13-16(7-8-27-20)24-29-18(15-35-24)23(34)28-17-14-19-21(30-22(17)32-9-3-1-4-10-32)31-25(36-19)33-11-5-2-6-12-33/h7-8,13-15,24,29H,1-6,9-12H2,(H,28,34). The predicted molar refractivity (Wildman–Crippen MR) is 137 cm³/mol. The summed E-state index contributed by atoms with van der Waals surface area (Å²) in [6.07, 6.45) is 9.35. The summed E-state index contributed by atoms with van der Waals surface area (Å²) < 4.78 is 11.8. The van der Waals surface area contributed by atoms with Crippen LogP contribution in [0.3, 0.4) is 0 Å². The molecule has 0 radical (unpaired) electrons. The third kappa shape index (κ3) is 4.65. The molecule has 3 aromatic heterocycles. The third-order valence-corrected chi connectivity index (χ3v) is 6.99. The van der Waals surface area contributed by atoms with E-state index in [1.807, 2.05) is 6.07 Å². The summed E-state index contributed by atoms with van der Waals surface area (Å²) >= 11 is 6.00. The van der Waals surface area contributed by atoms with Crippen LogP contribution >= 0.6 is 11.6 Å². The third-order valence-electron chi connectivity index (χ3n) is 6.79. The molecule has 3 aliphatic heterocycles. The molecule has 1 amide bonds.